The molecule has 0 bridgehead atoms. The average molecular weight is 255 g/mol. The van der Waals surface area contributed by atoms with Crippen molar-refractivity contribution in [1.82, 2.24) is 0 Å². The molecule has 0 saturated heterocycles. The molecule has 0 heterocycles. The van der Waals surface area contributed by atoms with Crippen LogP contribution < -0.4 is 0 Å². The Hall–Kier alpha value is 0. The average Bonchev–Trinajstić information content (AvgIpc) is 2.33. The third-order valence-electron chi connectivity index (χ3n) is 4.67. The molecule has 0 amide bonds. The normalized spacial score (nSPS) is 16.8. The van der Waals surface area contributed by atoms with Crippen LogP contribution in [-0.4, -0.2) is 0 Å². The topological polar surface area (TPSA) is 0 Å². The predicted molar refractivity (Wildman–Crippen MR) is 84.9 cm³/mol. The molecule has 0 nitrogen and oxygen atoms in total. The number of hydrogen-bond donors (Lipinski definition) is 0. The Morgan fingerprint density at radius 2 is 1.33 bits per heavy atom. The lowest BCUT2D eigenvalue weighted by molar-refractivity contribution is 0.215. The molecule has 0 aliphatic rings. The second-order valence-electron chi connectivity index (χ2n) is 6.85. The Morgan fingerprint density at radius 3 is 1.83 bits per heavy atom. The summed E-state index contributed by atoms with van der Waals surface area (Å²) in [5.41, 5.74) is 0. The maximum absolute atomic E-state index is 2.51. The van der Waals surface area contributed by atoms with Gasteiger partial charge in [-0.3, -0.25) is 0 Å². The van der Waals surface area contributed by atoms with E-state index in [4.69, 9.17) is 0 Å². The summed E-state index contributed by atoms with van der Waals surface area (Å²) < 4.78 is 0. The molecule has 0 saturated carbocycles. The molecule has 0 aliphatic carbocycles. The van der Waals surface area contributed by atoms with E-state index in [-0.39, 0.29) is 0 Å². The van der Waals surface area contributed by atoms with Gasteiger partial charge in [-0.15, -0.1) is 0 Å². The summed E-state index contributed by atoms with van der Waals surface area (Å²) in [4.78, 5) is 0. The van der Waals surface area contributed by atoms with E-state index in [1.165, 1.54) is 51.4 Å². The van der Waals surface area contributed by atoms with Gasteiger partial charge in [-0.05, 0) is 23.7 Å². The van der Waals surface area contributed by atoms with E-state index in [0.29, 0.717) is 0 Å². The molecule has 0 radical (unpaired) electrons. The van der Waals surface area contributed by atoms with Gasteiger partial charge in [0.25, 0.3) is 0 Å². The van der Waals surface area contributed by atoms with Gasteiger partial charge in [-0.25, -0.2) is 0 Å². The van der Waals surface area contributed by atoms with E-state index in [1.807, 2.05) is 0 Å². The zero-order chi connectivity index (χ0) is 14.0. The van der Waals surface area contributed by atoms with Gasteiger partial charge in [0.2, 0.25) is 0 Å². The highest BCUT2D eigenvalue weighted by Crippen LogP contribution is 2.32. The van der Waals surface area contributed by atoms with Gasteiger partial charge in [0.05, 0.1) is 0 Å². The molecular formula is C18H38. The lowest BCUT2D eigenvalue weighted by Crippen LogP contribution is -2.19. The molecular weight excluding hydrogens is 216 g/mol. The van der Waals surface area contributed by atoms with Crippen molar-refractivity contribution in [2.75, 3.05) is 0 Å². The summed E-state index contributed by atoms with van der Waals surface area (Å²) in [6.45, 7) is 14.3. The molecule has 0 aliphatic heterocycles. The quantitative estimate of drug-likeness (QED) is 0.385. The van der Waals surface area contributed by atoms with Gasteiger partial charge in [0.15, 0.2) is 0 Å². The highest BCUT2D eigenvalue weighted by molar-refractivity contribution is 4.72. The van der Waals surface area contributed by atoms with Crippen molar-refractivity contribution < 1.29 is 0 Å². The van der Waals surface area contributed by atoms with Gasteiger partial charge < -0.3 is 0 Å². The fourth-order valence-electron chi connectivity index (χ4n) is 3.08. The molecule has 0 N–H and O–H groups in total. The van der Waals surface area contributed by atoms with E-state index in [9.17, 15) is 0 Å². The fraction of sp³-hybridized carbons (Fsp3) is 1.00. The zero-order valence-electron chi connectivity index (χ0n) is 14.0. The Morgan fingerprint density at radius 1 is 0.667 bits per heavy atom. The van der Waals surface area contributed by atoms with Gasteiger partial charge in [0.1, 0.15) is 0 Å². The molecule has 0 rings (SSSR count). The molecule has 110 valence electrons. The second kappa shape index (κ2) is 10.9. The van der Waals surface area contributed by atoms with Crippen LogP contribution in [-0.2, 0) is 0 Å². The van der Waals surface area contributed by atoms with Crippen molar-refractivity contribution in [3.05, 3.63) is 0 Å². The SMILES string of the molecule is CCCCC(C)C(C)C(CCC)CCCC(C)C. The Kier molecular flexibility index (Phi) is 10.9. The molecule has 0 aromatic heterocycles. The highest BCUT2D eigenvalue weighted by Gasteiger charge is 2.21. The summed E-state index contributed by atoms with van der Waals surface area (Å²) in [5, 5.41) is 0. The van der Waals surface area contributed by atoms with Crippen LogP contribution in [0.3, 0.4) is 0 Å². The predicted octanol–water partition coefficient (Wildman–Crippen LogP) is 6.69. The van der Waals surface area contributed by atoms with Gasteiger partial charge >= 0.3 is 0 Å². The summed E-state index contributed by atoms with van der Waals surface area (Å²) >= 11 is 0. The van der Waals surface area contributed by atoms with Crippen LogP contribution in [0, 0.1) is 23.7 Å². The molecule has 0 aromatic rings. The highest BCUT2D eigenvalue weighted by atomic mass is 14.3. The van der Waals surface area contributed by atoms with Crippen molar-refractivity contribution in [1.29, 1.82) is 0 Å². The van der Waals surface area contributed by atoms with E-state index in [1.54, 1.807) is 0 Å². The van der Waals surface area contributed by atoms with Gasteiger partial charge in [0, 0.05) is 0 Å². The van der Waals surface area contributed by atoms with E-state index < -0.39 is 0 Å². The van der Waals surface area contributed by atoms with Crippen molar-refractivity contribution in [2.45, 2.75) is 92.9 Å². The van der Waals surface area contributed by atoms with Gasteiger partial charge in [-0.1, -0.05) is 92.9 Å². The van der Waals surface area contributed by atoms with Crippen molar-refractivity contribution >= 4 is 0 Å². The summed E-state index contributed by atoms with van der Waals surface area (Å²) in [7, 11) is 0. The molecule has 3 unspecified atom stereocenters. The van der Waals surface area contributed by atoms with E-state index in [2.05, 4.69) is 41.5 Å². The molecule has 0 fully saturated rings. The minimum absolute atomic E-state index is 0.875. The Labute approximate surface area is 117 Å². The molecule has 0 aromatic carbocycles. The molecule has 0 spiro atoms. The van der Waals surface area contributed by atoms with Crippen LogP contribution in [0.2, 0.25) is 0 Å². The van der Waals surface area contributed by atoms with E-state index >= 15 is 0 Å². The lowest BCUT2D eigenvalue weighted by Gasteiger charge is -2.29. The third kappa shape index (κ3) is 8.16. The first-order valence-electron chi connectivity index (χ1n) is 8.52. The fourth-order valence-corrected chi connectivity index (χ4v) is 3.08. The van der Waals surface area contributed by atoms with Crippen molar-refractivity contribution in [3.8, 4) is 0 Å². The Bertz CT molecular complexity index is 171. The monoisotopic (exact) mass is 254 g/mol. The number of rotatable bonds is 11. The van der Waals surface area contributed by atoms with Crippen LogP contribution in [0.15, 0.2) is 0 Å². The standard InChI is InChI=1S/C18H38/c1-7-9-13-16(5)17(6)18(11-8-2)14-10-12-15(3)4/h15-18H,7-14H2,1-6H3. The number of hydrogen-bond acceptors (Lipinski definition) is 0. The molecule has 3 atom stereocenters. The van der Waals surface area contributed by atoms with Crippen LogP contribution in [0.4, 0.5) is 0 Å². The van der Waals surface area contributed by atoms with Crippen LogP contribution >= 0.6 is 0 Å². The molecule has 18 heavy (non-hydrogen) atoms. The number of unbranched alkanes of at least 4 members (excludes halogenated alkanes) is 1. The maximum atomic E-state index is 2.51. The van der Waals surface area contributed by atoms with Crippen molar-refractivity contribution in [2.24, 2.45) is 23.7 Å². The minimum atomic E-state index is 0.875. The smallest absolute Gasteiger partial charge is 0.0386 e. The largest absolute Gasteiger partial charge is 0.0654 e. The zero-order valence-corrected chi connectivity index (χ0v) is 14.0. The molecule has 0 heteroatoms. The first kappa shape index (κ1) is 18.0. The maximum Gasteiger partial charge on any atom is -0.0386 e. The first-order valence-corrected chi connectivity index (χ1v) is 8.52. The summed E-state index contributed by atoms with van der Waals surface area (Å²) in [6.07, 6.45) is 11.3. The van der Waals surface area contributed by atoms with Crippen LogP contribution in [0.5, 0.6) is 0 Å². The minimum Gasteiger partial charge on any atom is -0.0654 e. The Balaban J connectivity index is 4.11. The second-order valence-corrected chi connectivity index (χ2v) is 6.85. The van der Waals surface area contributed by atoms with Crippen LogP contribution in [0.1, 0.15) is 92.9 Å². The van der Waals surface area contributed by atoms with Crippen LogP contribution in [0.25, 0.3) is 0 Å². The van der Waals surface area contributed by atoms with Crippen molar-refractivity contribution in [3.63, 3.8) is 0 Å². The summed E-state index contributed by atoms with van der Waals surface area (Å²) in [5.74, 6) is 3.69. The first-order chi connectivity index (χ1) is 8.52. The van der Waals surface area contributed by atoms with E-state index in [0.717, 1.165) is 23.7 Å². The third-order valence-corrected chi connectivity index (χ3v) is 4.67. The lowest BCUT2D eigenvalue weighted by atomic mass is 9.77. The summed E-state index contributed by atoms with van der Waals surface area (Å²) in [6, 6.07) is 0. The van der Waals surface area contributed by atoms with Gasteiger partial charge in [-0.2, -0.15) is 0 Å².